The second kappa shape index (κ2) is 7.23. The van der Waals surface area contributed by atoms with Crippen molar-refractivity contribution in [3.63, 3.8) is 0 Å². The van der Waals surface area contributed by atoms with Crippen molar-refractivity contribution in [1.82, 2.24) is 4.90 Å². The maximum Gasteiger partial charge on any atom is 0.320 e. The summed E-state index contributed by atoms with van der Waals surface area (Å²) in [6, 6.07) is 0. The molecule has 3 saturated carbocycles. The molecule has 6 atom stereocenters. The Labute approximate surface area is 170 Å². The Balaban J connectivity index is 1.28. The number of hydrogen-bond acceptors (Lipinski definition) is 8. The third-order valence-electron chi connectivity index (χ3n) is 7.55. The molecule has 0 amide bonds. The molecule has 8 nitrogen and oxygen atoms in total. The van der Waals surface area contributed by atoms with Gasteiger partial charge >= 0.3 is 17.9 Å². The van der Waals surface area contributed by atoms with Gasteiger partial charge in [-0.05, 0) is 39.0 Å². The Bertz CT molecular complexity index is 697. The molecule has 2 heterocycles. The fourth-order valence-electron chi connectivity index (χ4n) is 6.14. The van der Waals surface area contributed by atoms with E-state index in [4.69, 9.17) is 18.9 Å². The lowest BCUT2D eigenvalue weighted by atomic mass is 9.78. The van der Waals surface area contributed by atoms with E-state index in [0.29, 0.717) is 32.7 Å². The number of hydrogen-bond donors (Lipinski definition) is 0. The highest BCUT2D eigenvalue weighted by atomic mass is 16.6. The highest BCUT2D eigenvalue weighted by Gasteiger charge is 2.70. The van der Waals surface area contributed by atoms with Gasteiger partial charge in [0.05, 0.1) is 31.6 Å². The van der Waals surface area contributed by atoms with E-state index >= 15 is 0 Å². The van der Waals surface area contributed by atoms with Crippen molar-refractivity contribution in [2.24, 2.45) is 23.7 Å². The first-order chi connectivity index (χ1) is 14.0. The molecule has 5 fully saturated rings. The van der Waals surface area contributed by atoms with E-state index in [0.717, 1.165) is 25.7 Å². The molecule has 0 aromatic rings. The van der Waals surface area contributed by atoms with Crippen LogP contribution in [-0.4, -0.2) is 73.5 Å². The van der Waals surface area contributed by atoms with Crippen molar-refractivity contribution >= 4 is 17.9 Å². The van der Waals surface area contributed by atoms with Gasteiger partial charge in [-0.25, -0.2) is 0 Å². The van der Waals surface area contributed by atoms with E-state index in [9.17, 15) is 14.4 Å². The van der Waals surface area contributed by atoms with Crippen molar-refractivity contribution in [2.45, 2.75) is 56.8 Å². The van der Waals surface area contributed by atoms with Gasteiger partial charge in [0.15, 0.2) is 0 Å². The standard InChI is InChI=1S/C21H29NO7/c1-21(4-2-3-5-21)29-20(25)16-13-10-12-15(16)19(24)28-18(12)17(13)27-14(23)11-22-6-8-26-9-7-22/h12-13,15-18H,2-11H2,1H3. The molecule has 2 aliphatic heterocycles. The zero-order chi connectivity index (χ0) is 20.2. The van der Waals surface area contributed by atoms with Crippen molar-refractivity contribution in [1.29, 1.82) is 0 Å². The summed E-state index contributed by atoms with van der Waals surface area (Å²) in [5.41, 5.74) is -0.441. The number of ether oxygens (including phenoxy) is 4. The van der Waals surface area contributed by atoms with Crippen molar-refractivity contribution < 1.29 is 33.3 Å². The smallest absolute Gasteiger partial charge is 0.320 e. The number of fused-ring (bicyclic) bond motifs is 1. The lowest BCUT2D eigenvalue weighted by Gasteiger charge is -2.33. The fraction of sp³-hybridized carbons (Fsp3) is 0.857. The molecule has 0 aromatic carbocycles. The van der Waals surface area contributed by atoms with Crippen LogP contribution in [-0.2, 0) is 33.3 Å². The summed E-state index contributed by atoms with van der Waals surface area (Å²) in [6.07, 6.45) is 3.52. The summed E-state index contributed by atoms with van der Waals surface area (Å²) in [7, 11) is 0. The minimum Gasteiger partial charge on any atom is -0.459 e. The summed E-state index contributed by atoms with van der Waals surface area (Å²) in [6.45, 7) is 4.76. The van der Waals surface area contributed by atoms with Gasteiger partial charge in [-0.3, -0.25) is 19.3 Å². The Morgan fingerprint density at radius 2 is 1.90 bits per heavy atom. The number of carbonyl (C=O) groups is 3. The van der Waals surface area contributed by atoms with E-state index in [2.05, 4.69) is 0 Å². The Hall–Kier alpha value is -1.67. The molecule has 160 valence electrons. The summed E-state index contributed by atoms with van der Waals surface area (Å²) in [5.74, 6) is -2.26. The zero-order valence-electron chi connectivity index (χ0n) is 16.8. The van der Waals surface area contributed by atoms with Gasteiger partial charge in [-0.15, -0.1) is 0 Å². The van der Waals surface area contributed by atoms with E-state index in [1.165, 1.54) is 0 Å². The van der Waals surface area contributed by atoms with Crippen LogP contribution in [0, 0.1) is 23.7 Å². The van der Waals surface area contributed by atoms with Gasteiger partial charge in [0.1, 0.15) is 17.8 Å². The molecule has 2 bridgehead atoms. The first-order valence-corrected chi connectivity index (χ1v) is 10.9. The van der Waals surface area contributed by atoms with E-state index < -0.39 is 29.6 Å². The van der Waals surface area contributed by atoms with Crippen LogP contribution in [0.15, 0.2) is 0 Å². The largest absolute Gasteiger partial charge is 0.459 e. The quantitative estimate of drug-likeness (QED) is 0.491. The molecule has 5 aliphatic rings. The molecular formula is C21H29NO7. The average Bonchev–Trinajstić information content (AvgIpc) is 3.40. The van der Waals surface area contributed by atoms with Crippen molar-refractivity contribution in [2.75, 3.05) is 32.8 Å². The molecule has 0 radical (unpaired) electrons. The van der Waals surface area contributed by atoms with Gasteiger partial charge < -0.3 is 18.9 Å². The second-order valence-corrected chi connectivity index (χ2v) is 9.44. The molecule has 3 aliphatic carbocycles. The van der Waals surface area contributed by atoms with Crippen molar-refractivity contribution in [3.8, 4) is 0 Å². The highest BCUT2D eigenvalue weighted by molar-refractivity contribution is 5.86. The maximum atomic E-state index is 13.1. The van der Waals surface area contributed by atoms with Gasteiger partial charge in [0, 0.05) is 24.9 Å². The third-order valence-corrected chi connectivity index (χ3v) is 7.55. The minimum absolute atomic E-state index is 0.0531. The normalized spacial score (nSPS) is 40.1. The Kier molecular flexibility index (Phi) is 4.81. The lowest BCUT2D eigenvalue weighted by Crippen LogP contribution is -2.47. The van der Waals surface area contributed by atoms with Crippen LogP contribution in [0.4, 0.5) is 0 Å². The minimum atomic E-state index is -0.565. The highest BCUT2D eigenvalue weighted by Crippen LogP contribution is 2.59. The van der Waals surface area contributed by atoms with E-state index in [-0.39, 0.29) is 36.3 Å². The Morgan fingerprint density at radius 3 is 2.62 bits per heavy atom. The van der Waals surface area contributed by atoms with Crippen molar-refractivity contribution in [3.05, 3.63) is 0 Å². The molecule has 6 unspecified atom stereocenters. The molecule has 0 aromatic heterocycles. The molecule has 0 spiro atoms. The number of morpholine rings is 1. The average molecular weight is 407 g/mol. The van der Waals surface area contributed by atoms with Crippen LogP contribution in [0.2, 0.25) is 0 Å². The third kappa shape index (κ3) is 3.34. The summed E-state index contributed by atoms with van der Waals surface area (Å²) in [5, 5.41) is 0. The van der Waals surface area contributed by atoms with Crippen LogP contribution in [0.5, 0.6) is 0 Å². The fourth-order valence-corrected chi connectivity index (χ4v) is 6.14. The molecule has 0 N–H and O–H groups in total. The number of nitrogens with zero attached hydrogens (tertiary/aromatic N) is 1. The number of rotatable bonds is 5. The summed E-state index contributed by atoms with van der Waals surface area (Å²) < 4.78 is 22.6. The van der Waals surface area contributed by atoms with Gasteiger partial charge in [0.2, 0.25) is 0 Å². The van der Waals surface area contributed by atoms with Crippen LogP contribution in [0.25, 0.3) is 0 Å². The second-order valence-electron chi connectivity index (χ2n) is 9.44. The summed E-state index contributed by atoms with van der Waals surface area (Å²) >= 11 is 0. The predicted molar refractivity (Wildman–Crippen MR) is 98.6 cm³/mol. The predicted octanol–water partition coefficient (Wildman–Crippen LogP) is 0.914. The van der Waals surface area contributed by atoms with E-state index in [1.807, 2.05) is 11.8 Å². The van der Waals surface area contributed by atoms with Crippen LogP contribution in [0.3, 0.4) is 0 Å². The first-order valence-electron chi connectivity index (χ1n) is 10.9. The number of carbonyl (C=O) groups excluding carboxylic acids is 3. The SMILES string of the molecule is CC1(OC(=O)C2C3CC4C(OC(=O)C42)C3OC(=O)CN2CCOCC2)CCCC1. The molecule has 8 heteroatoms. The zero-order valence-corrected chi connectivity index (χ0v) is 16.8. The Morgan fingerprint density at radius 1 is 1.17 bits per heavy atom. The van der Waals surface area contributed by atoms with Gasteiger partial charge in [0.25, 0.3) is 0 Å². The lowest BCUT2D eigenvalue weighted by molar-refractivity contribution is -0.174. The van der Waals surface area contributed by atoms with Crippen LogP contribution >= 0.6 is 0 Å². The van der Waals surface area contributed by atoms with Crippen LogP contribution < -0.4 is 0 Å². The topological polar surface area (TPSA) is 91.4 Å². The molecule has 2 saturated heterocycles. The van der Waals surface area contributed by atoms with Gasteiger partial charge in [-0.1, -0.05) is 0 Å². The van der Waals surface area contributed by atoms with Gasteiger partial charge in [-0.2, -0.15) is 0 Å². The molecule has 29 heavy (non-hydrogen) atoms. The first kappa shape index (κ1) is 19.3. The van der Waals surface area contributed by atoms with Crippen LogP contribution in [0.1, 0.15) is 39.0 Å². The summed E-state index contributed by atoms with van der Waals surface area (Å²) in [4.78, 5) is 40.1. The van der Waals surface area contributed by atoms with E-state index in [1.54, 1.807) is 0 Å². The molecular weight excluding hydrogens is 378 g/mol. The number of esters is 3. The monoisotopic (exact) mass is 407 g/mol. The molecule has 5 rings (SSSR count). The maximum absolute atomic E-state index is 13.1.